The van der Waals surface area contributed by atoms with Crippen LogP contribution >= 0.6 is 27.5 Å². The molecule has 0 unspecified atom stereocenters. The topological polar surface area (TPSA) is 58.6 Å². The number of halogens is 2. The third kappa shape index (κ3) is 6.48. The van der Waals surface area contributed by atoms with Crippen molar-refractivity contribution in [2.24, 2.45) is 0 Å². The van der Waals surface area contributed by atoms with Gasteiger partial charge in [-0.3, -0.25) is 9.59 Å². The normalized spacial score (nSPS) is 14.8. The number of hydrogen-bond acceptors (Lipinski definition) is 3. The molecule has 32 heavy (non-hydrogen) atoms. The van der Waals surface area contributed by atoms with E-state index in [2.05, 4.69) is 21.2 Å². The van der Waals surface area contributed by atoms with Crippen LogP contribution in [0.3, 0.4) is 0 Å². The minimum Gasteiger partial charge on any atom is -0.484 e. The lowest BCUT2D eigenvalue weighted by molar-refractivity contribution is -0.142. The van der Waals surface area contributed by atoms with Gasteiger partial charge in [-0.05, 0) is 74.6 Å². The summed E-state index contributed by atoms with van der Waals surface area (Å²) in [6.07, 6.45) is 4.25. The summed E-state index contributed by atoms with van der Waals surface area (Å²) in [5.74, 6) is 0.257. The first kappa shape index (κ1) is 24.6. The molecule has 0 aliphatic heterocycles. The van der Waals surface area contributed by atoms with E-state index in [9.17, 15) is 9.59 Å². The van der Waals surface area contributed by atoms with Gasteiger partial charge >= 0.3 is 0 Å². The van der Waals surface area contributed by atoms with Gasteiger partial charge in [-0.25, -0.2) is 0 Å². The average Bonchev–Trinajstić information content (AvgIpc) is 3.27. The smallest absolute Gasteiger partial charge is 0.261 e. The highest BCUT2D eigenvalue weighted by Crippen LogP contribution is 2.26. The summed E-state index contributed by atoms with van der Waals surface area (Å²) in [7, 11) is 0. The van der Waals surface area contributed by atoms with Crippen molar-refractivity contribution >= 4 is 39.3 Å². The van der Waals surface area contributed by atoms with Gasteiger partial charge in [0.1, 0.15) is 11.8 Å². The lowest BCUT2D eigenvalue weighted by atomic mass is 10.1. The lowest BCUT2D eigenvalue weighted by Gasteiger charge is -2.29. The molecule has 2 aromatic carbocycles. The van der Waals surface area contributed by atoms with Gasteiger partial charge in [0.05, 0.1) is 0 Å². The number of carbonyl (C=O) groups excluding carboxylic acids is 2. The summed E-state index contributed by atoms with van der Waals surface area (Å²) in [4.78, 5) is 27.7. The van der Waals surface area contributed by atoms with E-state index in [0.29, 0.717) is 17.3 Å². The number of amides is 2. The van der Waals surface area contributed by atoms with E-state index in [-0.39, 0.29) is 24.5 Å². The molecule has 5 nitrogen and oxygen atoms in total. The Hall–Kier alpha value is -2.05. The minimum absolute atomic E-state index is 0.130. The number of benzene rings is 2. The van der Waals surface area contributed by atoms with Crippen molar-refractivity contribution in [2.45, 2.75) is 65.1 Å². The first-order valence-electron chi connectivity index (χ1n) is 11.0. The molecule has 0 radical (unpaired) electrons. The predicted molar refractivity (Wildman–Crippen MR) is 131 cm³/mol. The van der Waals surface area contributed by atoms with Crippen LogP contribution in [0.1, 0.15) is 49.3 Å². The third-order valence-corrected chi connectivity index (χ3v) is 7.41. The van der Waals surface area contributed by atoms with Gasteiger partial charge in [0.15, 0.2) is 6.61 Å². The maximum Gasteiger partial charge on any atom is 0.261 e. The lowest BCUT2D eigenvalue weighted by Crippen LogP contribution is -2.50. The maximum atomic E-state index is 13.2. The number of nitrogens with one attached hydrogen (secondary N) is 1. The Morgan fingerprint density at radius 1 is 1.16 bits per heavy atom. The summed E-state index contributed by atoms with van der Waals surface area (Å²) in [5, 5.41) is 3.73. The van der Waals surface area contributed by atoms with Crippen molar-refractivity contribution in [3.05, 3.63) is 62.6 Å². The van der Waals surface area contributed by atoms with Crippen LogP contribution in [0.15, 0.2) is 40.9 Å². The SMILES string of the molecule is Cc1cc(OCC(=O)N(Cc2ccc(Cl)cc2)[C@@H](C)C(=O)NC2CCCC2)cc(C)c1Br. The first-order chi connectivity index (χ1) is 15.2. The molecule has 172 valence electrons. The van der Waals surface area contributed by atoms with Crippen LogP contribution in [0.4, 0.5) is 0 Å². The predicted octanol–water partition coefficient (Wildman–Crippen LogP) is 5.57. The Morgan fingerprint density at radius 3 is 2.34 bits per heavy atom. The van der Waals surface area contributed by atoms with Gasteiger partial charge in [-0.15, -0.1) is 0 Å². The molecular formula is C25H30BrClN2O3. The molecule has 1 saturated carbocycles. The van der Waals surface area contributed by atoms with Crippen molar-refractivity contribution in [3.63, 3.8) is 0 Å². The largest absolute Gasteiger partial charge is 0.484 e. The summed E-state index contributed by atoms with van der Waals surface area (Å²) in [5.41, 5.74) is 2.98. The third-order valence-electron chi connectivity index (χ3n) is 5.91. The van der Waals surface area contributed by atoms with E-state index < -0.39 is 6.04 Å². The van der Waals surface area contributed by atoms with Crippen molar-refractivity contribution < 1.29 is 14.3 Å². The standard InChI is InChI=1S/C25H30BrClN2O3/c1-16-12-22(13-17(2)24(16)26)32-15-23(30)29(14-19-8-10-20(27)11-9-19)18(3)25(31)28-21-6-4-5-7-21/h8-13,18,21H,4-7,14-15H2,1-3H3,(H,28,31)/t18-/m0/s1. The van der Waals surface area contributed by atoms with Gasteiger partial charge in [0, 0.05) is 22.1 Å². The molecule has 0 spiro atoms. The minimum atomic E-state index is -0.615. The Balaban J connectivity index is 1.73. The van der Waals surface area contributed by atoms with Crippen molar-refractivity contribution in [1.29, 1.82) is 0 Å². The second-order valence-corrected chi connectivity index (χ2v) is 9.70. The molecule has 2 amide bonds. The fourth-order valence-electron chi connectivity index (χ4n) is 3.98. The van der Waals surface area contributed by atoms with Gasteiger partial charge < -0.3 is 15.0 Å². The summed E-state index contributed by atoms with van der Waals surface area (Å²) < 4.78 is 6.85. The van der Waals surface area contributed by atoms with Crippen molar-refractivity contribution in [1.82, 2.24) is 10.2 Å². The van der Waals surface area contributed by atoms with Crippen LogP contribution in [0, 0.1) is 13.8 Å². The second-order valence-electron chi connectivity index (χ2n) is 8.47. The van der Waals surface area contributed by atoms with E-state index >= 15 is 0 Å². The van der Waals surface area contributed by atoms with Crippen LogP contribution in [-0.2, 0) is 16.1 Å². The number of hydrogen-bond donors (Lipinski definition) is 1. The zero-order valence-electron chi connectivity index (χ0n) is 18.8. The zero-order chi connectivity index (χ0) is 23.3. The highest BCUT2D eigenvalue weighted by Gasteiger charge is 2.28. The maximum absolute atomic E-state index is 13.2. The number of carbonyl (C=O) groups is 2. The Kier molecular flexibility index (Phi) is 8.60. The van der Waals surface area contributed by atoms with Crippen LogP contribution in [0.25, 0.3) is 0 Å². The van der Waals surface area contributed by atoms with Crippen LogP contribution in [0.5, 0.6) is 5.75 Å². The average molecular weight is 522 g/mol. The van der Waals surface area contributed by atoms with Crippen molar-refractivity contribution in [3.8, 4) is 5.75 Å². The molecule has 3 rings (SSSR count). The fourth-order valence-corrected chi connectivity index (χ4v) is 4.33. The summed E-state index contributed by atoms with van der Waals surface area (Å²) in [6, 6.07) is 10.7. The molecule has 0 aromatic heterocycles. The van der Waals surface area contributed by atoms with Gasteiger partial charge in [-0.1, -0.05) is 52.5 Å². The molecule has 7 heteroatoms. The Morgan fingerprint density at radius 2 is 1.75 bits per heavy atom. The fraction of sp³-hybridized carbons (Fsp3) is 0.440. The molecule has 1 atom stereocenters. The summed E-state index contributed by atoms with van der Waals surface area (Å²) >= 11 is 9.55. The monoisotopic (exact) mass is 520 g/mol. The van der Waals surface area contributed by atoms with Crippen molar-refractivity contribution in [2.75, 3.05) is 6.61 Å². The van der Waals surface area contributed by atoms with Gasteiger partial charge in [0.2, 0.25) is 5.91 Å². The second kappa shape index (κ2) is 11.2. The highest BCUT2D eigenvalue weighted by atomic mass is 79.9. The molecule has 2 aromatic rings. The number of aryl methyl sites for hydroxylation is 2. The van der Waals surface area contributed by atoms with Crippen LogP contribution in [0.2, 0.25) is 5.02 Å². The van der Waals surface area contributed by atoms with E-state index in [4.69, 9.17) is 16.3 Å². The first-order valence-corrected chi connectivity index (χ1v) is 12.2. The molecule has 0 bridgehead atoms. The quantitative estimate of drug-likeness (QED) is 0.494. The number of ether oxygens (including phenoxy) is 1. The molecule has 1 aliphatic rings. The zero-order valence-corrected chi connectivity index (χ0v) is 21.1. The van der Waals surface area contributed by atoms with Gasteiger partial charge in [0.25, 0.3) is 5.91 Å². The molecule has 1 aliphatic carbocycles. The molecule has 1 N–H and O–H groups in total. The van der Waals surface area contributed by atoms with Gasteiger partial charge in [-0.2, -0.15) is 0 Å². The van der Waals surface area contributed by atoms with Crippen LogP contribution < -0.4 is 10.1 Å². The molecular weight excluding hydrogens is 492 g/mol. The highest BCUT2D eigenvalue weighted by molar-refractivity contribution is 9.10. The van der Waals surface area contributed by atoms with Crippen LogP contribution in [-0.4, -0.2) is 35.4 Å². The molecule has 1 fully saturated rings. The number of rotatable bonds is 8. The summed E-state index contributed by atoms with van der Waals surface area (Å²) in [6.45, 7) is 5.89. The van der Waals surface area contributed by atoms with E-state index in [1.54, 1.807) is 24.0 Å². The molecule has 0 saturated heterocycles. The van der Waals surface area contributed by atoms with E-state index in [1.807, 2.05) is 38.1 Å². The van der Waals surface area contributed by atoms with E-state index in [0.717, 1.165) is 46.8 Å². The number of nitrogens with zero attached hydrogens (tertiary/aromatic N) is 1. The Labute approximate surface area is 203 Å². The molecule has 0 heterocycles. The Bertz CT molecular complexity index is 935. The van der Waals surface area contributed by atoms with E-state index in [1.165, 1.54) is 0 Å².